The Labute approximate surface area is 113 Å². The fraction of sp³-hybridized carbons (Fsp3) is 0.0714. The zero-order valence-corrected chi connectivity index (χ0v) is 11.3. The maximum absolute atomic E-state index is 13.0. The highest BCUT2D eigenvalue weighted by Gasteiger charge is 2.08. The van der Waals surface area contributed by atoms with E-state index in [9.17, 15) is 4.39 Å². The van der Waals surface area contributed by atoms with E-state index >= 15 is 0 Å². The van der Waals surface area contributed by atoms with Crippen molar-refractivity contribution in [2.45, 2.75) is 6.92 Å². The Morgan fingerprint density at radius 2 is 2.06 bits per heavy atom. The number of anilines is 2. The largest absolute Gasteiger partial charge is 0.353 e. The van der Waals surface area contributed by atoms with Gasteiger partial charge in [-0.25, -0.2) is 4.39 Å². The third-order valence-corrected chi connectivity index (χ3v) is 3.24. The number of hydrogen-bond donors (Lipinski definition) is 1. The van der Waals surface area contributed by atoms with Gasteiger partial charge < -0.3 is 5.32 Å². The molecule has 0 bridgehead atoms. The van der Waals surface area contributed by atoms with Crippen molar-refractivity contribution in [3.8, 4) is 6.07 Å². The van der Waals surface area contributed by atoms with Crippen LogP contribution in [-0.2, 0) is 0 Å². The topological polar surface area (TPSA) is 35.8 Å². The number of para-hydroxylation sites is 1. The summed E-state index contributed by atoms with van der Waals surface area (Å²) in [5.41, 5.74) is 2.99. The van der Waals surface area contributed by atoms with Crippen molar-refractivity contribution in [1.82, 2.24) is 0 Å². The van der Waals surface area contributed by atoms with Crippen LogP contribution in [0.5, 0.6) is 0 Å². The number of benzene rings is 2. The van der Waals surface area contributed by atoms with Crippen LogP contribution in [0.3, 0.4) is 0 Å². The molecule has 2 aromatic carbocycles. The van der Waals surface area contributed by atoms with Crippen molar-refractivity contribution in [3.63, 3.8) is 0 Å². The van der Waals surface area contributed by atoms with Gasteiger partial charge in [-0.15, -0.1) is 0 Å². The lowest BCUT2D eigenvalue weighted by Crippen LogP contribution is -1.97. The molecule has 0 aliphatic carbocycles. The Hall–Kier alpha value is -1.86. The van der Waals surface area contributed by atoms with E-state index in [1.807, 2.05) is 19.1 Å². The summed E-state index contributed by atoms with van der Waals surface area (Å²) in [5.74, 6) is -0.308. The molecule has 0 saturated carbocycles. The number of aryl methyl sites for hydroxylation is 1. The summed E-state index contributed by atoms with van der Waals surface area (Å²) in [6.45, 7) is 1.92. The van der Waals surface area contributed by atoms with Gasteiger partial charge in [-0.1, -0.05) is 12.1 Å². The number of nitriles is 1. The van der Waals surface area contributed by atoms with Gasteiger partial charge in [0.2, 0.25) is 0 Å². The number of nitrogens with zero attached hydrogens (tertiary/aromatic N) is 1. The summed E-state index contributed by atoms with van der Waals surface area (Å²) in [5, 5.41) is 12.2. The second-order valence-corrected chi connectivity index (χ2v) is 4.71. The number of nitrogens with one attached hydrogen (secondary N) is 1. The van der Waals surface area contributed by atoms with E-state index < -0.39 is 0 Å². The molecule has 0 saturated heterocycles. The normalized spacial score (nSPS) is 9.89. The van der Waals surface area contributed by atoms with E-state index in [1.165, 1.54) is 12.1 Å². The highest BCUT2D eigenvalue weighted by Crippen LogP contribution is 2.29. The van der Waals surface area contributed by atoms with Crippen LogP contribution in [0.2, 0.25) is 0 Å². The third-order valence-electron chi connectivity index (χ3n) is 2.58. The zero-order chi connectivity index (χ0) is 13.1. The highest BCUT2D eigenvalue weighted by molar-refractivity contribution is 9.10. The summed E-state index contributed by atoms with van der Waals surface area (Å²) in [7, 11) is 0. The van der Waals surface area contributed by atoms with Crippen LogP contribution in [0.15, 0.2) is 40.9 Å². The molecule has 0 atom stereocenters. The fourth-order valence-electron chi connectivity index (χ4n) is 1.65. The molecule has 18 heavy (non-hydrogen) atoms. The first-order valence-corrected chi connectivity index (χ1v) is 6.13. The van der Waals surface area contributed by atoms with Crippen molar-refractivity contribution >= 4 is 27.3 Å². The van der Waals surface area contributed by atoms with Crippen molar-refractivity contribution < 1.29 is 4.39 Å². The van der Waals surface area contributed by atoms with Gasteiger partial charge in [0.15, 0.2) is 0 Å². The number of halogens is 2. The SMILES string of the molecule is Cc1cccc(C#N)c1Nc1ccc(F)cc1Br. The smallest absolute Gasteiger partial charge is 0.124 e. The second-order valence-electron chi connectivity index (χ2n) is 3.86. The first-order valence-electron chi connectivity index (χ1n) is 5.33. The standard InChI is InChI=1S/C14H10BrFN2/c1-9-3-2-4-10(8-17)14(9)18-13-6-5-11(16)7-12(13)15/h2-7,18H,1H3. The Morgan fingerprint density at radius 1 is 1.28 bits per heavy atom. The van der Waals surface area contributed by atoms with Crippen molar-refractivity contribution in [2.75, 3.05) is 5.32 Å². The van der Waals surface area contributed by atoms with Crippen molar-refractivity contribution in [1.29, 1.82) is 5.26 Å². The summed E-state index contributed by atoms with van der Waals surface area (Å²) in [6, 6.07) is 12.0. The molecule has 0 heterocycles. The summed E-state index contributed by atoms with van der Waals surface area (Å²) in [6.07, 6.45) is 0. The van der Waals surface area contributed by atoms with Gasteiger partial charge >= 0.3 is 0 Å². The fourth-order valence-corrected chi connectivity index (χ4v) is 2.10. The van der Waals surface area contributed by atoms with E-state index in [2.05, 4.69) is 27.3 Å². The minimum atomic E-state index is -0.308. The predicted molar refractivity (Wildman–Crippen MR) is 73.3 cm³/mol. The molecule has 0 aliphatic rings. The first kappa shape index (κ1) is 12.6. The molecular formula is C14H10BrFN2. The van der Waals surface area contributed by atoms with Crippen LogP contribution in [0.4, 0.5) is 15.8 Å². The Balaban J connectivity index is 2.43. The van der Waals surface area contributed by atoms with Crippen LogP contribution in [0, 0.1) is 24.1 Å². The molecule has 2 nitrogen and oxygen atoms in total. The molecule has 0 fully saturated rings. The predicted octanol–water partition coefficient (Wildman–Crippen LogP) is 4.51. The third kappa shape index (κ3) is 2.52. The van der Waals surface area contributed by atoms with Crippen LogP contribution >= 0.6 is 15.9 Å². The Bertz CT molecular complexity index is 632. The van der Waals surface area contributed by atoms with Crippen LogP contribution in [0.1, 0.15) is 11.1 Å². The second kappa shape index (κ2) is 5.19. The molecule has 1 N–H and O–H groups in total. The van der Waals surface area contributed by atoms with E-state index in [0.29, 0.717) is 10.0 Å². The summed E-state index contributed by atoms with van der Waals surface area (Å²) in [4.78, 5) is 0. The lowest BCUT2D eigenvalue weighted by atomic mass is 10.1. The maximum atomic E-state index is 13.0. The molecule has 4 heteroatoms. The minimum Gasteiger partial charge on any atom is -0.353 e. The molecule has 0 amide bonds. The summed E-state index contributed by atoms with van der Waals surface area (Å²) >= 11 is 3.29. The van der Waals surface area contributed by atoms with Crippen molar-refractivity contribution in [2.24, 2.45) is 0 Å². The van der Waals surface area contributed by atoms with Gasteiger partial charge in [-0.2, -0.15) is 5.26 Å². The highest BCUT2D eigenvalue weighted by atomic mass is 79.9. The number of hydrogen-bond acceptors (Lipinski definition) is 2. The van der Waals surface area contributed by atoms with E-state index in [4.69, 9.17) is 5.26 Å². The lowest BCUT2D eigenvalue weighted by molar-refractivity contribution is 0.627. The molecule has 2 aromatic rings. The lowest BCUT2D eigenvalue weighted by Gasteiger charge is -2.12. The van der Waals surface area contributed by atoms with Gasteiger partial charge in [0.25, 0.3) is 0 Å². The Kier molecular flexibility index (Phi) is 3.63. The van der Waals surface area contributed by atoms with Gasteiger partial charge in [0.05, 0.1) is 16.9 Å². The van der Waals surface area contributed by atoms with Crippen LogP contribution < -0.4 is 5.32 Å². The molecular weight excluding hydrogens is 295 g/mol. The molecule has 0 aromatic heterocycles. The molecule has 2 rings (SSSR count). The van der Waals surface area contributed by atoms with Crippen molar-refractivity contribution in [3.05, 3.63) is 57.8 Å². The van der Waals surface area contributed by atoms with E-state index in [1.54, 1.807) is 12.1 Å². The monoisotopic (exact) mass is 304 g/mol. The van der Waals surface area contributed by atoms with Gasteiger partial charge in [-0.05, 0) is 52.7 Å². The molecule has 0 radical (unpaired) electrons. The van der Waals surface area contributed by atoms with Gasteiger partial charge in [-0.3, -0.25) is 0 Å². The van der Waals surface area contributed by atoms with E-state index in [-0.39, 0.29) is 5.82 Å². The van der Waals surface area contributed by atoms with Gasteiger partial charge in [0.1, 0.15) is 11.9 Å². The summed E-state index contributed by atoms with van der Waals surface area (Å²) < 4.78 is 13.6. The van der Waals surface area contributed by atoms with Crippen LogP contribution in [-0.4, -0.2) is 0 Å². The maximum Gasteiger partial charge on any atom is 0.124 e. The molecule has 0 spiro atoms. The number of rotatable bonds is 2. The average molecular weight is 305 g/mol. The molecule has 0 unspecified atom stereocenters. The quantitative estimate of drug-likeness (QED) is 0.886. The average Bonchev–Trinajstić information content (AvgIpc) is 2.34. The van der Waals surface area contributed by atoms with Gasteiger partial charge in [0, 0.05) is 4.47 Å². The Morgan fingerprint density at radius 3 is 2.72 bits per heavy atom. The van der Waals surface area contributed by atoms with Crippen LogP contribution in [0.25, 0.3) is 0 Å². The van der Waals surface area contributed by atoms with E-state index in [0.717, 1.165) is 16.9 Å². The zero-order valence-electron chi connectivity index (χ0n) is 9.67. The molecule has 90 valence electrons. The first-order chi connectivity index (χ1) is 8.61. The molecule has 0 aliphatic heterocycles. The minimum absolute atomic E-state index is 0.308.